The second-order valence-electron chi connectivity index (χ2n) is 7.42. The smallest absolute Gasteiger partial charge is 0.254 e. The van der Waals surface area contributed by atoms with E-state index in [0.717, 1.165) is 22.4 Å². The first-order valence-electron chi connectivity index (χ1n) is 9.51. The molecule has 5 heteroatoms. The van der Waals surface area contributed by atoms with Gasteiger partial charge in [0.15, 0.2) is 0 Å². The lowest BCUT2D eigenvalue weighted by Crippen LogP contribution is -2.36. The van der Waals surface area contributed by atoms with Crippen molar-refractivity contribution >= 4 is 17.5 Å². The van der Waals surface area contributed by atoms with Crippen LogP contribution in [0.2, 0.25) is 5.15 Å². The summed E-state index contributed by atoms with van der Waals surface area (Å²) < 4.78 is 0. The number of rotatable bonds is 3. The van der Waals surface area contributed by atoms with Crippen molar-refractivity contribution in [3.63, 3.8) is 0 Å². The molecule has 0 fully saturated rings. The highest BCUT2D eigenvalue weighted by molar-refractivity contribution is 6.30. The van der Waals surface area contributed by atoms with Crippen LogP contribution in [-0.2, 0) is 13.0 Å². The van der Waals surface area contributed by atoms with Crippen molar-refractivity contribution in [1.29, 1.82) is 0 Å². The second-order valence-corrected chi connectivity index (χ2v) is 7.78. The Morgan fingerprint density at radius 1 is 1.00 bits per heavy atom. The summed E-state index contributed by atoms with van der Waals surface area (Å²) in [4.78, 5) is 23.1. The zero-order valence-corrected chi connectivity index (χ0v) is 16.8. The Kier molecular flexibility index (Phi) is 5.14. The van der Waals surface area contributed by atoms with E-state index in [2.05, 4.69) is 48.1 Å². The Morgan fingerprint density at radius 2 is 1.64 bits per heavy atom. The minimum absolute atomic E-state index is 0.00674. The van der Waals surface area contributed by atoms with E-state index in [1.807, 2.05) is 29.2 Å². The van der Waals surface area contributed by atoms with E-state index < -0.39 is 0 Å². The topological polar surface area (TPSA) is 46.1 Å². The molecule has 142 valence electrons. The molecular formula is C23H22ClN3O. The van der Waals surface area contributed by atoms with Crippen LogP contribution >= 0.6 is 11.6 Å². The summed E-state index contributed by atoms with van der Waals surface area (Å²) in [6.07, 6.45) is 2.18. The lowest BCUT2D eigenvalue weighted by atomic mass is 9.98. The van der Waals surface area contributed by atoms with Gasteiger partial charge in [0.25, 0.3) is 5.91 Å². The average Bonchev–Trinajstić information content (AvgIpc) is 2.73. The van der Waals surface area contributed by atoms with Crippen molar-refractivity contribution in [2.45, 2.75) is 32.7 Å². The highest BCUT2D eigenvalue weighted by Crippen LogP contribution is 2.26. The van der Waals surface area contributed by atoms with Gasteiger partial charge in [-0.05, 0) is 34.7 Å². The first-order valence-corrected chi connectivity index (χ1v) is 9.88. The molecule has 2 heterocycles. The fourth-order valence-electron chi connectivity index (χ4n) is 3.53. The zero-order valence-electron chi connectivity index (χ0n) is 16.0. The number of benzene rings is 2. The molecule has 28 heavy (non-hydrogen) atoms. The lowest BCUT2D eigenvalue weighted by molar-refractivity contribution is 0.0733. The van der Waals surface area contributed by atoms with Gasteiger partial charge < -0.3 is 4.90 Å². The molecular weight excluding hydrogens is 370 g/mol. The summed E-state index contributed by atoms with van der Waals surface area (Å²) in [7, 11) is 0. The predicted molar refractivity (Wildman–Crippen MR) is 111 cm³/mol. The molecule has 1 aromatic heterocycles. The lowest BCUT2D eigenvalue weighted by Gasteiger charge is -2.28. The maximum Gasteiger partial charge on any atom is 0.254 e. The van der Waals surface area contributed by atoms with Crippen LogP contribution < -0.4 is 0 Å². The van der Waals surface area contributed by atoms with Crippen LogP contribution in [0.1, 0.15) is 46.9 Å². The molecule has 0 aliphatic carbocycles. The molecule has 0 saturated heterocycles. The monoisotopic (exact) mass is 391 g/mol. The van der Waals surface area contributed by atoms with Gasteiger partial charge in [0, 0.05) is 24.1 Å². The van der Waals surface area contributed by atoms with Gasteiger partial charge >= 0.3 is 0 Å². The minimum atomic E-state index is 0.00674. The first-order chi connectivity index (χ1) is 13.5. The number of carbonyl (C=O) groups is 1. The second kappa shape index (κ2) is 7.72. The summed E-state index contributed by atoms with van der Waals surface area (Å²) >= 11 is 6.19. The quantitative estimate of drug-likeness (QED) is 0.582. The largest absolute Gasteiger partial charge is 0.334 e. The van der Waals surface area contributed by atoms with E-state index in [-0.39, 0.29) is 5.91 Å². The van der Waals surface area contributed by atoms with Crippen molar-refractivity contribution in [2.75, 3.05) is 6.54 Å². The molecule has 0 saturated carbocycles. The Morgan fingerprint density at radius 3 is 2.29 bits per heavy atom. The van der Waals surface area contributed by atoms with Crippen molar-refractivity contribution in [3.05, 3.63) is 82.4 Å². The van der Waals surface area contributed by atoms with Crippen LogP contribution in [0.3, 0.4) is 0 Å². The average molecular weight is 392 g/mol. The molecule has 0 atom stereocenters. The summed E-state index contributed by atoms with van der Waals surface area (Å²) in [5.74, 6) is 0.523. The number of fused-ring (bicyclic) bond motifs is 1. The van der Waals surface area contributed by atoms with E-state index in [9.17, 15) is 4.79 Å². The van der Waals surface area contributed by atoms with Gasteiger partial charge in [-0.2, -0.15) is 0 Å². The zero-order chi connectivity index (χ0) is 19.7. The molecule has 0 bridgehead atoms. The maximum atomic E-state index is 12.9. The molecule has 0 N–H and O–H groups in total. The fraction of sp³-hybridized carbons (Fsp3) is 0.261. The van der Waals surface area contributed by atoms with E-state index in [1.54, 1.807) is 0 Å². The third-order valence-electron chi connectivity index (χ3n) is 5.28. The highest BCUT2D eigenvalue weighted by Gasteiger charge is 2.24. The molecule has 1 amide bonds. The standard InChI is InChI=1S/C23H22ClN3O/c1-15(2)16-3-5-17(6-4-16)18-7-9-19(10-8-18)23(28)27-12-11-21-20(13-27)22(24)26-14-25-21/h3-10,14-15H,11-13H2,1-2H3. The number of amides is 1. The van der Waals surface area contributed by atoms with Crippen LogP contribution in [0.25, 0.3) is 11.1 Å². The summed E-state index contributed by atoms with van der Waals surface area (Å²) in [5.41, 5.74) is 6.05. The maximum absolute atomic E-state index is 12.9. The van der Waals surface area contributed by atoms with Crippen LogP contribution in [-0.4, -0.2) is 27.3 Å². The molecule has 0 radical (unpaired) electrons. The summed E-state index contributed by atoms with van der Waals surface area (Å²) in [6.45, 7) is 5.46. The van der Waals surface area contributed by atoms with Crippen LogP contribution in [0, 0.1) is 0 Å². The SMILES string of the molecule is CC(C)c1ccc(-c2ccc(C(=O)N3CCc4ncnc(Cl)c4C3)cc2)cc1. The highest BCUT2D eigenvalue weighted by atomic mass is 35.5. The molecule has 4 rings (SSSR count). The number of hydrogen-bond donors (Lipinski definition) is 0. The number of nitrogens with zero attached hydrogens (tertiary/aromatic N) is 3. The van der Waals surface area contributed by atoms with Gasteiger partial charge in [-0.15, -0.1) is 0 Å². The van der Waals surface area contributed by atoms with Gasteiger partial charge in [0.1, 0.15) is 11.5 Å². The van der Waals surface area contributed by atoms with Crippen molar-refractivity contribution in [2.24, 2.45) is 0 Å². The van der Waals surface area contributed by atoms with Crippen LogP contribution in [0.4, 0.5) is 0 Å². The normalized spacial score (nSPS) is 13.5. The van der Waals surface area contributed by atoms with E-state index in [0.29, 0.717) is 36.1 Å². The van der Waals surface area contributed by atoms with Gasteiger partial charge in [0.2, 0.25) is 0 Å². The number of aromatic nitrogens is 2. The van der Waals surface area contributed by atoms with Gasteiger partial charge in [-0.1, -0.05) is 61.8 Å². The summed E-state index contributed by atoms with van der Waals surface area (Å²) in [5, 5.41) is 0.433. The van der Waals surface area contributed by atoms with Crippen LogP contribution in [0.5, 0.6) is 0 Å². The van der Waals surface area contributed by atoms with Gasteiger partial charge in [-0.3, -0.25) is 4.79 Å². The fourth-order valence-corrected chi connectivity index (χ4v) is 3.74. The Bertz CT molecular complexity index is 997. The molecule has 0 unspecified atom stereocenters. The third-order valence-corrected chi connectivity index (χ3v) is 5.60. The molecule has 1 aliphatic rings. The van der Waals surface area contributed by atoms with Crippen molar-refractivity contribution in [1.82, 2.24) is 14.9 Å². The summed E-state index contributed by atoms with van der Waals surface area (Å²) in [6, 6.07) is 16.4. The molecule has 4 nitrogen and oxygen atoms in total. The van der Waals surface area contributed by atoms with Crippen LogP contribution in [0.15, 0.2) is 54.9 Å². The number of halogens is 1. The Hall–Kier alpha value is -2.72. The first kappa shape index (κ1) is 18.6. The number of carbonyl (C=O) groups excluding carboxylic acids is 1. The van der Waals surface area contributed by atoms with Crippen molar-refractivity contribution < 1.29 is 4.79 Å². The van der Waals surface area contributed by atoms with E-state index >= 15 is 0 Å². The Balaban J connectivity index is 1.51. The molecule has 0 spiro atoms. The molecule has 2 aromatic carbocycles. The Labute approximate surface area is 170 Å². The van der Waals surface area contributed by atoms with Gasteiger partial charge in [0.05, 0.1) is 12.2 Å². The van der Waals surface area contributed by atoms with E-state index in [4.69, 9.17) is 11.6 Å². The molecule has 3 aromatic rings. The molecule has 1 aliphatic heterocycles. The van der Waals surface area contributed by atoms with Gasteiger partial charge in [-0.25, -0.2) is 9.97 Å². The number of hydrogen-bond acceptors (Lipinski definition) is 3. The van der Waals surface area contributed by atoms with E-state index in [1.165, 1.54) is 11.9 Å². The predicted octanol–water partition coefficient (Wildman–Crippen LogP) is 5.12. The van der Waals surface area contributed by atoms with Crippen molar-refractivity contribution in [3.8, 4) is 11.1 Å². The minimum Gasteiger partial charge on any atom is -0.334 e. The third kappa shape index (κ3) is 3.65.